The number of carbonyl (C=O) groups excluding carboxylic acids is 1. The lowest BCUT2D eigenvalue weighted by molar-refractivity contribution is 0.225. The van der Waals surface area contributed by atoms with Gasteiger partial charge in [-0.15, -0.1) is 0 Å². The van der Waals surface area contributed by atoms with Crippen LogP contribution in [0, 0.1) is 0 Å². The average Bonchev–Trinajstić information content (AvgIpc) is 2.39. The fourth-order valence-electron chi connectivity index (χ4n) is 2.01. The molecule has 1 rings (SSSR count). The lowest BCUT2D eigenvalue weighted by Crippen LogP contribution is -2.36. The van der Waals surface area contributed by atoms with Crippen LogP contribution >= 0.6 is 43.6 Å². The third kappa shape index (κ3) is 7.71. The first kappa shape index (κ1) is 19.0. The summed E-state index contributed by atoms with van der Waals surface area (Å²) in [5.41, 5.74) is 1.33. The molecule has 0 fully saturated rings. The Balaban J connectivity index is 2.66. The molecule has 0 radical (unpaired) electrons. The molecule has 1 aromatic rings. The van der Waals surface area contributed by atoms with E-state index < -0.39 is 0 Å². The van der Waals surface area contributed by atoms with Crippen LogP contribution in [0.4, 0.5) is 4.79 Å². The minimum atomic E-state index is 0.107. The Bertz CT molecular complexity index is 424. The van der Waals surface area contributed by atoms with Gasteiger partial charge in [-0.3, -0.25) is 4.79 Å². The third-order valence-electron chi connectivity index (χ3n) is 2.87. The number of hydrogen-bond acceptors (Lipinski definition) is 2. The predicted molar refractivity (Wildman–Crippen MR) is 100 cm³/mol. The summed E-state index contributed by atoms with van der Waals surface area (Å²) in [6.45, 7) is 7.73. The van der Waals surface area contributed by atoms with Crippen molar-refractivity contribution >= 4 is 48.9 Å². The van der Waals surface area contributed by atoms with Gasteiger partial charge in [0.2, 0.25) is 0 Å². The summed E-state index contributed by atoms with van der Waals surface area (Å²) in [5, 5.41) is 0.107. The minimum Gasteiger partial charge on any atom is -0.331 e. The smallest absolute Gasteiger partial charge is 0.286 e. The maximum absolute atomic E-state index is 12.4. The number of amides is 1. The molecule has 0 bridgehead atoms. The van der Waals surface area contributed by atoms with Crippen LogP contribution in [0.1, 0.15) is 32.8 Å². The van der Waals surface area contributed by atoms with Gasteiger partial charge in [-0.25, -0.2) is 0 Å². The molecule has 0 spiro atoms. The van der Waals surface area contributed by atoms with E-state index in [-0.39, 0.29) is 5.24 Å². The Hall–Kier alpha value is 0. The van der Waals surface area contributed by atoms with Crippen molar-refractivity contribution in [3.8, 4) is 0 Å². The number of carbonyl (C=O) groups is 1. The van der Waals surface area contributed by atoms with Crippen LogP contribution in [0.3, 0.4) is 0 Å². The van der Waals surface area contributed by atoms with E-state index in [0.717, 1.165) is 30.8 Å². The Labute approximate surface area is 149 Å². The van der Waals surface area contributed by atoms with Gasteiger partial charge < -0.3 is 4.90 Å². The number of hydrogen-bond donors (Lipinski definition) is 0. The molecule has 0 N–H and O–H groups in total. The Morgan fingerprint density at radius 1 is 1.14 bits per heavy atom. The van der Waals surface area contributed by atoms with Crippen molar-refractivity contribution in [2.24, 2.45) is 0 Å². The summed E-state index contributed by atoms with van der Waals surface area (Å²) in [6, 6.07) is 8.31. The van der Waals surface area contributed by atoms with Gasteiger partial charge in [0, 0.05) is 27.6 Å². The zero-order chi connectivity index (χ0) is 15.8. The first-order chi connectivity index (χ1) is 9.92. The number of alkyl halides is 2. The predicted octanol–water partition coefficient (Wildman–Crippen LogP) is 5.72. The molecule has 0 aliphatic carbocycles. The van der Waals surface area contributed by atoms with E-state index in [9.17, 15) is 4.79 Å². The number of nitrogens with zero attached hydrogens (tertiary/aromatic N) is 1. The zero-order valence-corrected chi connectivity index (χ0v) is 16.8. The fourth-order valence-corrected chi connectivity index (χ4v) is 3.46. The zero-order valence-electron chi connectivity index (χ0n) is 12.8. The van der Waals surface area contributed by atoms with Gasteiger partial charge in [-0.1, -0.05) is 71.2 Å². The van der Waals surface area contributed by atoms with Crippen molar-refractivity contribution in [3.05, 3.63) is 29.8 Å². The highest BCUT2D eigenvalue weighted by Crippen LogP contribution is 2.23. The second kappa shape index (κ2) is 9.90. The third-order valence-corrected chi connectivity index (χ3v) is 4.39. The van der Waals surface area contributed by atoms with Gasteiger partial charge in [-0.2, -0.15) is 0 Å². The van der Waals surface area contributed by atoms with E-state index in [4.69, 9.17) is 0 Å². The van der Waals surface area contributed by atoms with E-state index >= 15 is 0 Å². The minimum absolute atomic E-state index is 0.107. The van der Waals surface area contributed by atoms with E-state index in [1.165, 1.54) is 17.3 Å². The largest absolute Gasteiger partial charge is 0.331 e. The van der Waals surface area contributed by atoms with Crippen LogP contribution in [-0.4, -0.2) is 32.9 Å². The summed E-state index contributed by atoms with van der Waals surface area (Å²) < 4.78 is 0. The molecule has 0 saturated carbocycles. The Morgan fingerprint density at radius 3 is 2.10 bits per heavy atom. The SMILES string of the molecule is CCCc1ccc(SC(=O)N(CC(C)Br)CC(C)Br)cc1. The van der Waals surface area contributed by atoms with Gasteiger partial charge in [0.15, 0.2) is 0 Å². The molecule has 2 nitrogen and oxygen atoms in total. The molecule has 0 aliphatic rings. The van der Waals surface area contributed by atoms with E-state index in [2.05, 4.69) is 64.8 Å². The highest BCUT2D eigenvalue weighted by Gasteiger charge is 2.18. The summed E-state index contributed by atoms with van der Waals surface area (Å²) in [5.74, 6) is 0. The molecule has 0 saturated heterocycles. The number of rotatable bonds is 7. The van der Waals surface area contributed by atoms with E-state index in [1.807, 2.05) is 17.0 Å². The molecular formula is C16H23Br2NOS. The Morgan fingerprint density at radius 2 is 1.67 bits per heavy atom. The summed E-state index contributed by atoms with van der Waals surface area (Å²) in [7, 11) is 0. The van der Waals surface area contributed by atoms with Gasteiger partial charge in [0.25, 0.3) is 5.24 Å². The molecular weight excluding hydrogens is 414 g/mol. The molecule has 0 aliphatic heterocycles. The second-order valence-electron chi connectivity index (χ2n) is 5.23. The van der Waals surface area contributed by atoms with E-state index in [1.54, 1.807) is 0 Å². The maximum atomic E-state index is 12.4. The molecule has 0 heterocycles. The second-order valence-corrected chi connectivity index (χ2v) is 9.38. The average molecular weight is 437 g/mol. The van der Waals surface area contributed by atoms with Crippen molar-refractivity contribution in [1.29, 1.82) is 0 Å². The van der Waals surface area contributed by atoms with Gasteiger partial charge in [0.05, 0.1) is 0 Å². The summed E-state index contributed by atoms with van der Waals surface area (Å²) in [4.78, 5) is 15.9. The first-order valence-corrected chi connectivity index (χ1v) is 9.91. The number of aryl methyl sites for hydroxylation is 1. The number of benzene rings is 1. The van der Waals surface area contributed by atoms with Crippen molar-refractivity contribution in [1.82, 2.24) is 4.90 Å². The number of halogens is 2. The van der Waals surface area contributed by atoms with Crippen molar-refractivity contribution in [2.45, 2.75) is 48.2 Å². The molecule has 1 amide bonds. The first-order valence-electron chi connectivity index (χ1n) is 7.26. The van der Waals surface area contributed by atoms with Gasteiger partial charge >= 0.3 is 0 Å². The lowest BCUT2D eigenvalue weighted by atomic mass is 10.1. The lowest BCUT2D eigenvalue weighted by Gasteiger charge is -2.24. The van der Waals surface area contributed by atoms with Crippen LogP contribution in [0.15, 0.2) is 29.2 Å². The van der Waals surface area contributed by atoms with Crippen LogP contribution < -0.4 is 0 Å². The van der Waals surface area contributed by atoms with Crippen molar-refractivity contribution < 1.29 is 4.79 Å². The maximum Gasteiger partial charge on any atom is 0.286 e. The monoisotopic (exact) mass is 435 g/mol. The standard InChI is InChI=1S/C16H23Br2NOS/c1-4-5-14-6-8-15(9-7-14)21-16(20)19(10-12(2)17)11-13(3)18/h6-9,12-13H,4-5,10-11H2,1-3H3. The summed E-state index contributed by atoms with van der Waals surface area (Å²) >= 11 is 8.36. The highest BCUT2D eigenvalue weighted by molar-refractivity contribution is 9.09. The van der Waals surface area contributed by atoms with Crippen molar-refractivity contribution in [2.75, 3.05) is 13.1 Å². The molecule has 1 aromatic carbocycles. The van der Waals surface area contributed by atoms with Crippen LogP contribution in [-0.2, 0) is 6.42 Å². The molecule has 0 aromatic heterocycles. The molecule has 21 heavy (non-hydrogen) atoms. The van der Waals surface area contributed by atoms with Crippen LogP contribution in [0.5, 0.6) is 0 Å². The molecule has 118 valence electrons. The van der Waals surface area contributed by atoms with Gasteiger partial charge in [0.1, 0.15) is 0 Å². The van der Waals surface area contributed by atoms with Crippen molar-refractivity contribution in [3.63, 3.8) is 0 Å². The molecule has 5 heteroatoms. The van der Waals surface area contributed by atoms with Crippen LogP contribution in [0.2, 0.25) is 0 Å². The van der Waals surface area contributed by atoms with E-state index in [0.29, 0.717) is 9.65 Å². The highest BCUT2D eigenvalue weighted by atomic mass is 79.9. The Kier molecular flexibility index (Phi) is 8.98. The normalized spacial score (nSPS) is 13.8. The topological polar surface area (TPSA) is 20.3 Å². The number of thioether (sulfide) groups is 1. The summed E-state index contributed by atoms with van der Waals surface area (Å²) in [6.07, 6.45) is 2.23. The molecule has 2 unspecified atom stereocenters. The quantitative estimate of drug-likeness (QED) is 0.402. The van der Waals surface area contributed by atoms with Crippen LogP contribution in [0.25, 0.3) is 0 Å². The molecule has 2 atom stereocenters. The fraction of sp³-hybridized carbons (Fsp3) is 0.562. The van der Waals surface area contributed by atoms with Gasteiger partial charge in [-0.05, 0) is 35.9 Å².